The van der Waals surface area contributed by atoms with Gasteiger partial charge in [0.15, 0.2) is 0 Å². The van der Waals surface area contributed by atoms with Crippen molar-refractivity contribution in [1.29, 1.82) is 0 Å². The summed E-state index contributed by atoms with van der Waals surface area (Å²) in [6, 6.07) is 1.98. The molecule has 0 aromatic carbocycles. The minimum Gasteiger partial charge on any atom is -0.265 e. The van der Waals surface area contributed by atoms with Crippen molar-refractivity contribution in [2.75, 3.05) is 0 Å². The largest absolute Gasteiger partial charge is 0.265 e. The maximum absolute atomic E-state index is 4.30. The summed E-state index contributed by atoms with van der Waals surface area (Å²) in [7, 11) is 0. The van der Waals surface area contributed by atoms with Crippen LogP contribution < -0.4 is 0 Å². The van der Waals surface area contributed by atoms with E-state index in [4.69, 9.17) is 0 Å². The first-order valence-corrected chi connectivity index (χ1v) is 4.66. The maximum Gasteiger partial charge on any atom is 0.148 e. The second kappa shape index (κ2) is 3.61. The van der Waals surface area contributed by atoms with Crippen LogP contribution in [0, 0.1) is 6.92 Å². The Labute approximate surface area is 82.4 Å². The Morgan fingerprint density at radius 1 is 1.43 bits per heavy atom. The third-order valence-corrected chi connectivity index (χ3v) is 2.07. The number of aromatic nitrogens is 5. The maximum atomic E-state index is 4.30. The molecule has 0 aliphatic heterocycles. The third kappa shape index (κ3) is 1.66. The van der Waals surface area contributed by atoms with E-state index in [-0.39, 0.29) is 0 Å². The molecular weight excluding hydrogens is 178 g/mol. The molecule has 0 N–H and O–H groups in total. The predicted molar refractivity (Wildman–Crippen MR) is 51.8 cm³/mol. The second-order valence-corrected chi connectivity index (χ2v) is 3.15. The summed E-state index contributed by atoms with van der Waals surface area (Å²) in [5.74, 6) is 0.940. The molecule has 0 unspecified atom stereocenters. The van der Waals surface area contributed by atoms with E-state index >= 15 is 0 Å². The molecule has 14 heavy (non-hydrogen) atoms. The van der Waals surface area contributed by atoms with Gasteiger partial charge in [0, 0.05) is 12.7 Å². The van der Waals surface area contributed by atoms with Gasteiger partial charge in [0.05, 0.1) is 5.69 Å². The van der Waals surface area contributed by atoms with Crippen LogP contribution in [0.3, 0.4) is 0 Å². The van der Waals surface area contributed by atoms with Gasteiger partial charge in [0.25, 0.3) is 0 Å². The Balaban J connectivity index is 2.18. The first kappa shape index (κ1) is 8.93. The lowest BCUT2D eigenvalue weighted by Crippen LogP contribution is -2.09. The van der Waals surface area contributed by atoms with Crippen molar-refractivity contribution < 1.29 is 0 Å². The van der Waals surface area contributed by atoms with Crippen molar-refractivity contribution >= 4 is 0 Å². The topological polar surface area (TPSA) is 48.5 Å². The fourth-order valence-electron chi connectivity index (χ4n) is 1.37. The second-order valence-electron chi connectivity index (χ2n) is 3.15. The van der Waals surface area contributed by atoms with E-state index in [2.05, 4.69) is 15.2 Å². The van der Waals surface area contributed by atoms with E-state index in [1.54, 1.807) is 6.33 Å². The van der Waals surface area contributed by atoms with Crippen LogP contribution in [0.5, 0.6) is 0 Å². The lowest BCUT2D eigenvalue weighted by Gasteiger charge is -2.02. The van der Waals surface area contributed by atoms with Crippen molar-refractivity contribution in [3.8, 4) is 0 Å². The molecule has 2 aromatic heterocycles. The summed E-state index contributed by atoms with van der Waals surface area (Å²) < 4.78 is 3.74. The molecule has 2 aromatic rings. The number of nitrogens with zero attached hydrogens (tertiary/aromatic N) is 5. The van der Waals surface area contributed by atoms with Crippen LogP contribution >= 0.6 is 0 Å². The summed E-state index contributed by atoms with van der Waals surface area (Å²) in [5, 5.41) is 8.40. The van der Waals surface area contributed by atoms with Gasteiger partial charge >= 0.3 is 0 Å². The molecule has 0 saturated carbocycles. The molecule has 0 aliphatic carbocycles. The van der Waals surface area contributed by atoms with Crippen molar-refractivity contribution in [1.82, 2.24) is 24.5 Å². The molecule has 2 rings (SSSR count). The average Bonchev–Trinajstić information content (AvgIpc) is 2.76. The predicted octanol–water partition coefficient (Wildman–Crippen LogP) is 0.851. The van der Waals surface area contributed by atoms with Crippen LogP contribution in [0.4, 0.5) is 0 Å². The van der Waals surface area contributed by atoms with Crippen molar-refractivity contribution in [2.45, 2.75) is 26.9 Å². The van der Waals surface area contributed by atoms with Gasteiger partial charge in [-0.05, 0) is 19.9 Å². The van der Waals surface area contributed by atoms with Crippen molar-refractivity contribution in [2.24, 2.45) is 0 Å². The van der Waals surface area contributed by atoms with E-state index in [1.807, 2.05) is 35.5 Å². The van der Waals surface area contributed by atoms with Crippen LogP contribution in [0.1, 0.15) is 18.4 Å². The highest BCUT2D eigenvalue weighted by atomic mass is 15.4. The monoisotopic (exact) mass is 191 g/mol. The normalized spacial score (nSPS) is 10.7. The molecule has 0 bridgehead atoms. The van der Waals surface area contributed by atoms with Gasteiger partial charge in [-0.1, -0.05) is 0 Å². The molecule has 5 nitrogen and oxygen atoms in total. The number of aryl methyl sites for hydroxylation is 2. The van der Waals surface area contributed by atoms with Crippen LogP contribution in [0.25, 0.3) is 0 Å². The lowest BCUT2D eigenvalue weighted by molar-refractivity contribution is 0.566. The molecule has 0 atom stereocenters. The smallest absolute Gasteiger partial charge is 0.148 e. The highest BCUT2D eigenvalue weighted by Crippen LogP contribution is 1.99. The molecule has 0 saturated heterocycles. The van der Waals surface area contributed by atoms with Crippen LogP contribution in [0.15, 0.2) is 18.6 Å². The molecule has 0 amide bonds. The van der Waals surface area contributed by atoms with E-state index < -0.39 is 0 Å². The number of hydrogen-bond donors (Lipinski definition) is 0. The Bertz CT molecular complexity index is 414. The standard InChI is InChI=1S/C9H13N5/c1-3-14-9(10-7-11-14)6-13-5-4-8(2)12-13/h4-5,7H,3,6H2,1-2H3. The van der Waals surface area contributed by atoms with E-state index in [0.29, 0.717) is 6.54 Å². The van der Waals surface area contributed by atoms with E-state index in [9.17, 15) is 0 Å². The highest BCUT2D eigenvalue weighted by Gasteiger charge is 2.03. The fourth-order valence-corrected chi connectivity index (χ4v) is 1.37. The first-order valence-electron chi connectivity index (χ1n) is 4.66. The SMILES string of the molecule is CCn1ncnc1Cn1ccc(C)n1. The van der Waals surface area contributed by atoms with Crippen molar-refractivity contribution in [3.63, 3.8) is 0 Å². The van der Waals surface area contributed by atoms with E-state index in [0.717, 1.165) is 18.1 Å². The van der Waals surface area contributed by atoms with Crippen LogP contribution in [0.2, 0.25) is 0 Å². The third-order valence-electron chi connectivity index (χ3n) is 2.07. The van der Waals surface area contributed by atoms with Gasteiger partial charge in [-0.15, -0.1) is 0 Å². The van der Waals surface area contributed by atoms with Gasteiger partial charge < -0.3 is 0 Å². The van der Waals surface area contributed by atoms with Crippen LogP contribution in [-0.2, 0) is 13.1 Å². The Kier molecular flexibility index (Phi) is 2.30. The highest BCUT2D eigenvalue weighted by molar-refractivity contribution is 4.97. The molecule has 0 spiro atoms. The molecule has 2 heterocycles. The molecule has 5 heteroatoms. The summed E-state index contributed by atoms with van der Waals surface area (Å²) in [6.45, 7) is 5.55. The van der Waals surface area contributed by atoms with E-state index in [1.165, 1.54) is 0 Å². The quantitative estimate of drug-likeness (QED) is 0.722. The summed E-state index contributed by atoms with van der Waals surface area (Å²) in [4.78, 5) is 4.18. The molecule has 0 fully saturated rings. The van der Waals surface area contributed by atoms with Gasteiger partial charge in [-0.25, -0.2) is 9.67 Å². The zero-order valence-corrected chi connectivity index (χ0v) is 8.38. The first-order chi connectivity index (χ1) is 6.79. The summed E-state index contributed by atoms with van der Waals surface area (Å²) in [5.41, 5.74) is 1.02. The molecule has 0 radical (unpaired) electrons. The summed E-state index contributed by atoms with van der Waals surface area (Å²) in [6.07, 6.45) is 3.53. The number of hydrogen-bond acceptors (Lipinski definition) is 3. The average molecular weight is 191 g/mol. The van der Waals surface area contributed by atoms with Gasteiger partial charge in [-0.2, -0.15) is 10.2 Å². The van der Waals surface area contributed by atoms with Gasteiger partial charge in [0.1, 0.15) is 18.7 Å². The molecular formula is C9H13N5. The lowest BCUT2D eigenvalue weighted by atomic mass is 10.5. The van der Waals surface area contributed by atoms with Crippen molar-refractivity contribution in [3.05, 3.63) is 30.1 Å². The fraction of sp³-hybridized carbons (Fsp3) is 0.444. The number of rotatable bonds is 3. The minimum absolute atomic E-state index is 0.682. The Morgan fingerprint density at radius 2 is 2.29 bits per heavy atom. The Hall–Kier alpha value is -1.65. The van der Waals surface area contributed by atoms with Gasteiger partial charge in [-0.3, -0.25) is 4.68 Å². The van der Waals surface area contributed by atoms with Gasteiger partial charge in [0.2, 0.25) is 0 Å². The summed E-state index contributed by atoms with van der Waals surface area (Å²) >= 11 is 0. The van der Waals surface area contributed by atoms with Crippen LogP contribution in [-0.4, -0.2) is 24.5 Å². The molecule has 0 aliphatic rings. The minimum atomic E-state index is 0.682. The zero-order valence-electron chi connectivity index (χ0n) is 8.38. The molecule has 74 valence electrons. The Morgan fingerprint density at radius 3 is 2.93 bits per heavy atom. The zero-order chi connectivity index (χ0) is 9.97.